The summed E-state index contributed by atoms with van der Waals surface area (Å²) in [4.78, 5) is 30.7. The average Bonchev–Trinajstić information content (AvgIpc) is 3.17. The first-order chi connectivity index (χ1) is 11.9. The van der Waals surface area contributed by atoms with E-state index in [0.29, 0.717) is 11.4 Å². The topological polar surface area (TPSA) is 66.7 Å². The van der Waals surface area contributed by atoms with Gasteiger partial charge >= 0.3 is 0 Å². The van der Waals surface area contributed by atoms with Gasteiger partial charge in [0.2, 0.25) is 5.91 Å². The van der Waals surface area contributed by atoms with E-state index in [1.165, 1.54) is 16.2 Å². The van der Waals surface area contributed by atoms with Crippen LogP contribution in [0.5, 0.6) is 0 Å². The zero-order valence-electron chi connectivity index (χ0n) is 13.2. The number of nitrogens with one attached hydrogen (secondary N) is 1. The van der Waals surface area contributed by atoms with Gasteiger partial charge in [0, 0.05) is 23.9 Å². The van der Waals surface area contributed by atoms with Gasteiger partial charge in [-0.1, -0.05) is 0 Å². The first-order valence-electron chi connectivity index (χ1n) is 7.33. The molecule has 1 N–H and O–H groups in total. The summed E-state index contributed by atoms with van der Waals surface area (Å²) < 4.78 is 3.72. The molecule has 9 heteroatoms. The zero-order chi connectivity index (χ0) is 18.0. The summed E-state index contributed by atoms with van der Waals surface area (Å²) in [5.41, 5.74) is 1.56. The van der Waals surface area contributed by atoms with Crippen LogP contribution in [0.3, 0.4) is 0 Å². The number of hydrogen-bond donors (Lipinski definition) is 1. The number of rotatable bonds is 5. The lowest BCUT2D eigenvalue weighted by molar-refractivity contribution is -0.121. The second-order valence-corrected chi connectivity index (χ2v) is 8.77. The standard InChI is InChI=1S/C16H14Br2N4O2S/c1-21(16(24)12-3-4-13(18)25-12)9-15(23)19-6-11-8-22-7-10(17)2-5-14(22)20-11/h2-5,7-8H,6,9H2,1H3,(H,19,23). The van der Waals surface area contributed by atoms with Crippen molar-refractivity contribution >= 4 is 60.7 Å². The highest BCUT2D eigenvalue weighted by Crippen LogP contribution is 2.22. The molecule has 0 saturated heterocycles. The summed E-state index contributed by atoms with van der Waals surface area (Å²) in [6, 6.07) is 7.35. The molecule has 3 rings (SSSR count). The maximum Gasteiger partial charge on any atom is 0.264 e. The van der Waals surface area contributed by atoms with Gasteiger partial charge in [-0.3, -0.25) is 9.59 Å². The van der Waals surface area contributed by atoms with E-state index in [-0.39, 0.29) is 18.4 Å². The summed E-state index contributed by atoms with van der Waals surface area (Å²) in [6.45, 7) is 0.304. The number of carbonyl (C=O) groups is 2. The second kappa shape index (κ2) is 7.67. The fraction of sp³-hybridized carbons (Fsp3) is 0.188. The molecule has 6 nitrogen and oxygen atoms in total. The average molecular weight is 486 g/mol. The van der Waals surface area contributed by atoms with Crippen LogP contribution >= 0.6 is 43.2 Å². The number of likely N-dealkylation sites (N-methyl/N-ethyl adjacent to an activating group) is 1. The van der Waals surface area contributed by atoms with Crippen LogP contribution < -0.4 is 5.32 Å². The van der Waals surface area contributed by atoms with Crippen molar-refractivity contribution in [2.24, 2.45) is 0 Å². The molecule has 0 bridgehead atoms. The van der Waals surface area contributed by atoms with E-state index in [0.717, 1.165) is 19.6 Å². The Balaban J connectivity index is 1.55. The van der Waals surface area contributed by atoms with Crippen molar-refractivity contribution in [1.82, 2.24) is 19.6 Å². The summed E-state index contributed by atoms with van der Waals surface area (Å²) >= 11 is 8.08. The summed E-state index contributed by atoms with van der Waals surface area (Å²) in [5, 5.41) is 2.79. The van der Waals surface area contributed by atoms with E-state index in [1.54, 1.807) is 13.1 Å². The predicted molar refractivity (Wildman–Crippen MR) is 104 cm³/mol. The highest BCUT2D eigenvalue weighted by atomic mass is 79.9. The number of hydrogen-bond acceptors (Lipinski definition) is 4. The Morgan fingerprint density at radius 2 is 2.04 bits per heavy atom. The number of pyridine rings is 1. The molecule has 25 heavy (non-hydrogen) atoms. The molecule has 0 aliphatic rings. The van der Waals surface area contributed by atoms with Gasteiger partial charge in [-0.15, -0.1) is 11.3 Å². The number of aromatic nitrogens is 2. The fourth-order valence-corrected chi connectivity index (χ4v) is 3.99. The number of fused-ring (bicyclic) bond motifs is 1. The molecule has 0 aliphatic heterocycles. The molecule has 3 heterocycles. The molecule has 3 aromatic rings. The molecule has 2 amide bonds. The minimum absolute atomic E-state index is 0.00667. The van der Waals surface area contributed by atoms with Crippen molar-refractivity contribution in [3.8, 4) is 0 Å². The monoisotopic (exact) mass is 484 g/mol. The Morgan fingerprint density at radius 1 is 1.24 bits per heavy atom. The minimum Gasteiger partial charge on any atom is -0.349 e. The van der Waals surface area contributed by atoms with Crippen molar-refractivity contribution in [2.75, 3.05) is 13.6 Å². The first-order valence-corrected chi connectivity index (χ1v) is 9.73. The van der Waals surface area contributed by atoms with Crippen molar-refractivity contribution < 1.29 is 9.59 Å². The van der Waals surface area contributed by atoms with E-state index in [2.05, 4.69) is 42.2 Å². The molecule has 0 unspecified atom stereocenters. The molecule has 0 spiro atoms. The van der Waals surface area contributed by atoms with Gasteiger partial charge in [-0.05, 0) is 56.1 Å². The lowest BCUT2D eigenvalue weighted by Gasteiger charge is -2.15. The van der Waals surface area contributed by atoms with E-state index >= 15 is 0 Å². The lowest BCUT2D eigenvalue weighted by Crippen LogP contribution is -2.37. The summed E-state index contributed by atoms with van der Waals surface area (Å²) in [7, 11) is 1.61. The van der Waals surface area contributed by atoms with Gasteiger partial charge < -0.3 is 14.6 Å². The number of halogens is 2. The van der Waals surface area contributed by atoms with Crippen LogP contribution in [-0.2, 0) is 11.3 Å². The molecule has 0 atom stereocenters. The van der Waals surface area contributed by atoms with Crippen LogP contribution in [0.4, 0.5) is 0 Å². The molecule has 0 aliphatic carbocycles. The van der Waals surface area contributed by atoms with Crippen LogP contribution in [0.1, 0.15) is 15.4 Å². The third-order valence-electron chi connectivity index (χ3n) is 3.44. The van der Waals surface area contributed by atoms with Crippen molar-refractivity contribution in [1.29, 1.82) is 0 Å². The quantitative estimate of drug-likeness (QED) is 0.602. The van der Waals surface area contributed by atoms with Crippen LogP contribution in [0, 0.1) is 0 Å². The minimum atomic E-state index is -0.232. The Kier molecular flexibility index (Phi) is 5.55. The Morgan fingerprint density at radius 3 is 2.76 bits per heavy atom. The van der Waals surface area contributed by atoms with Gasteiger partial charge in [0.15, 0.2) is 0 Å². The number of imidazole rings is 1. The zero-order valence-corrected chi connectivity index (χ0v) is 17.2. The van der Waals surface area contributed by atoms with Crippen LogP contribution in [0.25, 0.3) is 5.65 Å². The number of nitrogens with zero attached hydrogens (tertiary/aromatic N) is 3. The van der Waals surface area contributed by atoms with Crippen LogP contribution in [-0.4, -0.2) is 39.7 Å². The van der Waals surface area contributed by atoms with E-state index in [9.17, 15) is 9.59 Å². The maximum absolute atomic E-state index is 12.2. The molecular weight excluding hydrogens is 472 g/mol. The van der Waals surface area contributed by atoms with Crippen molar-refractivity contribution in [2.45, 2.75) is 6.54 Å². The molecule has 130 valence electrons. The summed E-state index contributed by atoms with van der Waals surface area (Å²) in [6.07, 6.45) is 3.76. The number of amides is 2. The molecule has 0 saturated carbocycles. The summed E-state index contributed by atoms with van der Waals surface area (Å²) in [5.74, 6) is -0.409. The third kappa shape index (κ3) is 4.47. The van der Waals surface area contributed by atoms with Gasteiger partial charge in [-0.2, -0.15) is 0 Å². The van der Waals surface area contributed by atoms with Gasteiger partial charge in [0.05, 0.1) is 27.4 Å². The molecule has 0 radical (unpaired) electrons. The maximum atomic E-state index is 12.2. The number of carbonyl (C=O) groups excluding carboxylic acids is 2. The third-order valence-corrected chi connectivity index (χ3v) is 5.52. The molecule has 0 fully saturated rings. The largest absolute Gasteiger partial charge is 0.349 e. The lowest BCUT2D eigenvalue weighted by atomic mass is 10.4. The van der Waals surface area contributed by atoms with Gasteiger partial charge in [0.1, 0.15) is 5.65 Å². The van der Waals surface area contributed by atoms with Crippen molar-refractivity contribution in [3.63, 3.8) is 0 Å². The van der Waals surface area contributed by atoms with Crippen molar-refractivity contribution in [3.05, 3.63) is 55.5 Å². The van der Waals surface area contributed by atoms with Crippen LogP contribution in [0.2, 0.25) is 0 Å². The Hall–Kier alpha value is -1.71. The van der Waals surface area contributed by atoms with E-state index < -0.39 is 0 Å². The highest BCUT2D eigenvalue weighted by Gasteiger charge is 2.16. The second-order valence-electron chi connectivity index (χ2n) is 5.39. The van der Waals surface area contributed by atoms with Gasteiger partial charge in [-0.25, -0.2) is 4.98 Å². The molecule has 3 aromatic heterocycles. The molecule has 0 aromatic carbocycles. The Labute approximate surface area is 165 Å². The van der Waals surface area contributed by atoms with E-state index in [1.807, 2.05) is 35.0 Å². The Bertz CT molecular complexity index is 937. The normalized spacial score (nSPS) is 10.8. The molecular formula is C16H14Br2N4O2S. The number of thiophene rings is 1. The van der Waals surface area contributed by atoms with E-state index in [4.69, 9.17) is 0 Å². The van der Waals surface area contributed by atoms with Crippen LogP contribution in [0.15, 0.2) is 44.9 Å². The highest BCUT2D eigenvalue weighted by molar-refractivity contribution is 9.11. The van der Waals surface area contributed by atoms with Gasteiger partial charge in [0.25, 0.3) is 5.91 Å². The predicted octanol–water partition coefficient (Wildman–Crippen LogP) is 3.31. The first kappa shape index (κ1) is 18.1. The fourth-order valence-electron chi connectivity index (χ4n) is 2.25. The SMILES string of the molecule is CN(CC(=O)NCc1cn2cc(Br)ccc2n1)C(=O)c1ccc(Br)s1. The smallest absolute Gasteiger partial charge is 0.264 e.